The van der Waals surface area contributed by atoms with E-state index in [1.165, 1.54) is 0 Å². The molecule has 0 radical (unpaired) electrons. The van der Waals surface area contributed by atoms with Gasteiger partial charge < -0.3 is 10.4 Å². The van der Waals surface area contributed by atoms with Gasteiger partial charge in [0.1, 0.15) is 5.82 Å². The van der Waals surface area contributed by atoms with Gasteiger partial charge in [0.15, 0.2) is 0 Å². The maximum absolute atomic E-state index is 12.1. The smallest absolute Gasteiger partial charge is 0.291 e. The first-order chi connectivity index (χ1) is 9.61. The molecule has 6 nitrogen and oxygen atoms in total. The molecular formula is C14H18N4O2. The second kappa shape index (κ2) is 6.29. The Labute approximate surface area is 117 Å². The van der Waals surface area contributed by atoms with Crippen molar-refractivity contribution in [3.63, 3.8) is 0 Å². The van der Waals surface area contributed by atoms with Crippen molar-refractivity contribution in [3.8, 4) is 0 Å². The molecule has 1 aromatic heterocycles. The first kappa shape index (κ1) is 14.2. The number of amides is 1. The van der Waals surface area contributed by atoms with E-state index in [0.717, 1.165) is 5.56 Å². The van der Waals surface area contributed by atoms with E-state index in [2.05, 4.69) is 20.5 Å². The van der Waals surface area contributed by atoms with E-state index in [-0.39, 0.29) is 18.3 Å². The van der Waals surface area contributed by atoms with Crippen molar-refractivity contribution < 1.29 is 9.90 Å². The monoisotopic (exact) mass is 274 g/mol. The number of hydrogen-bond acceptors (Lipinski definition) is 4. The number of aromatic amines is 1. The predicted octanol–water partition coefficient (Wildman–Crippen LogP) is 1.39. The Kier molecular flexibility index (Phi) is 4.47. The quantitative estimate of drug-likeness (QED) is 0.768. The Balaban J connectivity index is 2.09. The molecule has 0 aliphatic rings. The first-order valence-electron chi connectivity index (χ1n) is 6.50. The van der Waals surface area contributed by atoms with Crippen LogP contribution in [0, 0.1) is 0 Å². The Bertz CT molecular complexity index is 566. The summed E-state index contributed by atoms with van der Waals surface area (Å²) in [6, 6.07) is 8.81. The van der Waals surface area contributed by atoms with Crippen LogP contribution in [0.3, 0.4) is 0 Å². The molecule has 3 N–H and O–H groups in total. The topological polar surface area (TPSA) is 90.9 Å². The lowest BCUT2D eigenvalue weighted by Gasteiger charge is -2.15. The fraction of sp³-hybridized carbons (Fsp3) is 0.357. The number of hydrogen-bond donors (Lipinski definition) is 3. The lowest BCUT2D eigenvalue weighted by atomic mass is 10.1. The second-order valence-corrected chi connectivity index (χ2v) is 4.82. The standard InChI is InChI=1S/C14H18N4O2/c1-9(2)12-16-13(18-17-12)14(20)15-11(8-19)10-6-4-3-5-7-10/h3-7,9,11,19H,8H2,1-2H3,(H,15,20)(H,16,17,18)/t11-/m0/s1. The largest absolute Gasteiger partial charge is 0.394 e. The van der Waals surface area contributed by atoms with Crippen molar-refractivity contribution in [1.29, 1.82) is 0 Å². The van der Waals surface area contributed by atoms with Crippen molar-refractivity contribution in [2.75, 3.05) is 6.61 Å². The molecule has 2 aromatic rings. The summed E-state index contributed by atoms with van der Waals surface area (Å²) in [4.78, 5) is 16.2. The van der Waals surface area contributed by atoms with Gasteiger partial charge >= 0.3 is 0 Å². The van der Waals surface area contributed by atoms with E-state index in [0.29, 0.717) is 5.82 Å². The molecule has 0 fully saturated rings. The van der Waals surface area contributed by atoms with Gasteiger partial charge in [-0.3, -0.25) is 9.89 Å². The van der Waals surface area contributed by atoms with Crippen molar-refractivity contribution in [3.05, 3.63) is 47.5 Å². The molecular weight excluding hydrogens is 256 g/mol. The number of aliphatic hydroxyl groups is 1. The first-order valence-corrected chi connectivity index (χ1v) is 6.50. The number of H-pyrrole nitrogens is 1. The average Bonchev–Trinajstić information content (AvgIpc) is 2.95. The molecule has 2 rings (SSSR count). The molecule has 0 bridgehead atoms. The normalized spacial score (nSPS) is 12.4. The van der Waals surface area contributed by atoms with Gasteiger partial charge in [0.25, 0.3) is 5.91 Å². The van der Waals surface area contributed by atoms with Crippen LogP contribution in [0.4, 0.5) is 0 Å². The summed E-state index contributed by atoms with van der Waals surface area (Å²) >= 11 is 0. The van der Waals surface area contributed by atoms with Crippen LogP contribution >= 0.6 is 0 Å². The van der Waals surface area contributed by atoms with Crippen LogP contribution in [0.5, 0.6) is 0 Å². The summed E-state index contributed by atoms with van der Waals surface area (Å²) in [5.41, 5.74) is 0.836. The Morgan fingerprint density at radius 1 is 1.35 bits per heavy atom. The fourth-order valence-corrected chi connectivity index (χ4v) is 1.78. The molecule has 0 spiro atoms. The number of rotatable bonds is 5. The number of nitrogens with one attached hydrogen (secondary N) is 2. The molecule has 6 heteroatoms. The van der Waals surface area contributed by atoms with Crippen LogP contribution in [0.2, 0.25) is 0 Å². The van der Waals surface area contributed by atoms with E-state index in [1.807, 2.05) is 44.2 Å². The van der Waals surface area contributed by atoms with Gasteiger partial charge in [0.2, 0.25) is 5.82 Å². The molecule has 1 amide bonds. The van der Waals surface area contributed by atoms with Crippen LogP contribution in [-0.4, -0.2) is 32.8 Å². The minimum Gasteiger partial charge on any atom is -0.394 e. The van der Waals surface area contributed by atoms with Crippen LogP contribution in [-0.2, 0) is 0 Å². The number of benzene rings is 1. The SMILES string of the molecule is CC(C)c1nc(C(=O)N[C@@H](CO)c2ccccc2)n[nH]1. The summed E-state index contributed by atoms with van der Waals surface area (Å²) < 4.78 is 0. The maximum atomic E-state index is 12.1. The van der Waals surface area contributed by atoms with Crippen molar-refractivity contribution in [1.82, 2.24) is 20.5 Å². The van der Waals surface area contributed by atoms with Gasteiger partial charge in [-0.1, -0.05) is 44.2 Å². The van der Waals surface area contributed by atoms with Gasteiger partial charge in [-0.25, -0.2) is 4.98 Å². The van der Waals surface area contributed by atoms with Crippen molar-refractivity contribution >= 4 is 5.91 Å². The Hall–Kier alpha value is -2.21. The highest BCUT2D eigenvalue weighted by molar-refractivity contribution is 5.90. The lowest BCUT2D eigenvalue weighted by molar-refractivity contribution is 0.0906. The second-order valence-electron chi connectivity index (χ2n) is 4.82. The molecule has 20 heavy (non-hydrogen) atoms. The highest BCUT2D eigenvalue weighted by Crippen LogP contribution is 2.13. The van der Waals surface area contributed by atoms with Crippen molar-refractivity contribution in [2.45, 2.75) is 25.8 Å². The van der Waals surface area contributed by atoms with E-state index in [4.69, 9.17) is 0 Å². The van der Waals surface area contributed by atoms with Gasteiger partial charge in [0.05, 0.1) is 12.6 Å². The average molecular weight is 274 g/mol. The summed E-state index contributed by atoms with van der Waals surface area (Å²) in [5.74, 6) is 0.515. The van der Waals surface area contributed by atoms with Crippen LogP contribution in [0.25, 0.3) is 0 Å². The summed E-state index contributed by atoms with van der Waals surface area (Å²) in [5, 5.41) is 18.7. The van der Waals surface area contributed by atoms with E-state index < -0.39 is 11.9 Å². The van der Waals surface area contributed by atoms with Gasteiger partial charge in [-0.05, 0) is 5.56 Å². The number of carbonyl (C=O) groups excluding carboxylic acids is 1. The Morgan fingerprint density at radius 2 is 2.05 bits per heavy atom. The molecule has 1 aromatic carbocycles. The van der Waals surface area contributed by atoms with Gasteiger partial charge in [-0.2, -0.15) is 0 Å². The van der Waals surface area contributed by atoms with Gasteiger partial charge in [0, 0.05) is 5.92 Å². The maximum Gasteiger partial charge on any atom is 0.291 e. The number of nitrogens with zero attached hydrogens (tertiary/aromatic N) is 2. The van der Waals surface area contributed by atoms with Gasteiger partial charge in [-0.15, -0.1) is 5.10 Å². The minimum atomic E-state index is -0.468. The molecule has 0 unspecified atom stereocenters. The number of aliphatic hydroxyl groups excluding tert-OH is 1. The molecule has 0 saturated heterocycles. The van der Waals surface area contributed by atoms with E-state index in [1.54, 1.807) is 0 Å². The zero-order valence-electron chi connectivity index (χ0n) is 11.5. The highest BCUT2D eigenvalue weighted by atomic mass is 16.3. The summed E-state index contributed by atoms with van der Waals surface area (Å²) in [6.45, 7) is 3.74. The third kappa shape index (κ3) is 3.21. The number of aromatic nitrogens is 3. The fourth-order valence-electron chi connectivity index (χ4n) is 1.78. The predicted molar refractivity (Wildman–Crippen MR) is 74.2 cm³/mol. The number of carbonyl (C=O) groups is 1. The molecule has 106 valence electrons. The van der Waals surface area contributed by atoms with Crippen LogP contribution in [0.15, 0.2) is 30.3 Å². The molecule has 1 heterocycles. The van der Waals surface area contributed by atoms with Crippen LogP contribution < -0.4 is 5.32 Å². The summed E-state index contributed by atoms with van der Waals surface area (Å²) in [6.07, 6.45) is 0. The van der Waals surface area contributed by atoms with E-state index >= 15 is 0 Å². The third-order valence-electron chi connectivity index (χ3n) is 2.94. The molecule has 0 saturated carbocycles. The van der Waals surface area contributed by atoms with Crippen molar-refractivity contribution in [2.24, 2.45) is 0 Å². The van der Waals surface area contributed by atoms with Crippen LogP contribution in [0.1, 0.15) is 47.8 Å². The zero-order valence-corrected chi connectivity index (χ0v) is 11.5. The zero-order chi connectivity index (χ0) is 14.5. The van der Waals surface area contributed by atoms with E-state index in [9.17, 15) is 9.90 Å². The lowest BCUT2D eigenvalue weighted by Crippen LogP contribution is -2.31. The molecule has 1 atom stereocenters. The Morgan fingerprint density at radius 3 is 2.60 bits per heavy atom. The summed E-state index contributed by atoms with van der Waals surface area (Å²) in [7, 11) is 0. The third-order valence-corrected chi connectivity index (χ3v) is 2.94. The molecule has 0 aliphatic carbocycles. The molecule has 0 aliphatic heterocycles. The minimum absolute atomic E-state index is 0.0862. The highest BCUT2D eigenvalue weighted by Gasteiger charge is 2.18.